The van der Waals surface area contributed by atoms with Crippen molar-refractivity contribution in [2.24, 2.45) is 11.5 Å². The number of esters is 1. The van der Waals surface area contributed by atoms with Gasteiger partial charge in [-0.2, -0.15) is 0 Å². The number of nitrogens with one attached hydrogen (secondary N) is 2. The first-order chi connectivity index (χ1) is 22.3. The molecule has 3 heterocycles. The molecule has 0 saturated heterocycles. The number of allylic oxidation sites excluding steroid dienone is 2. The highest BCUT2D eigenvalue weighted by atomic mass is 32.1. The average molecular weight is 662 g/mol. The van der Waals surface area contributed by atoms with Gasteiger partial charge in [-0.1, -0.05) is 35.3 Å². The van der Waals surface area contributed by atoms with Crippen LogP contribution < -0.4 is 31.7 Å². The van der Waals surface area contributed by atoms with Crippen molar-refractivity contribution in [3.63, 3.8) is 0 Å². The first kappa shape index (κ1) is 32.7. The zero-order chi connectivity index (χ0) is 32.6. The Labute approximate surface area is 275 Å². The van der Waals surface area contributed by atoms with Gasteiger partial charge in [-0.05, 0) is 81.1 Å². The van der Waals surface area contributed by atoms with Gasteiger partial charge in [0.1, 0.15) is 11.6 Å². The highest BCUT2D eigenvalue weighted by molar-refractivity contribution is 7.22. The van der Waals surface area contributed by atoms with Crippen LogP contribution in [-0.2, 0) is 11.2 Å². The van der Waals surface area contributed by atoms with E-state index in [2.05, 4.69) is 32.4 Å². The van der Waals surface area contributed by atoms with Crippen molar-refractivity contribution in [3.05, 3.63) is 87.2 Å². The van der Waals surface area contributed by atoms with Crippen molar-refractivity contribution in [2.45, 2.75) is 32.6 Å². The van der Waals surface area contributed by atoms with Crippen molar-refractivity contribution < 1.29 is 18.7 Å². The first-order valence-electron chi connectivity index (χ1n) is 14.8. The van der Waals surface area contributed by atoms with Crippen LogP contribution >= 0.6 is 22.7 Å². The summed E-state index contributed by atoms with van der Waals surface area (Å²) in [7, 11) is 3.12. The topological polar surface area (TPSA) is 141 Å². The number of thiazole rings is 2. The largest absolute Gasteiger partial charge is 0.491 e. The molecule has 6 N–H and O–H groups in total. The smallest absolute Gasteiger partial charge is 0.357 e. The maximum Gasteiger partial charge on any atom is 0.357 e. The molecular weight excluding hydrogens is 626 g/mol. The van der Waals surface area contributed by atoms with E-state index in [0.29, 0.717) is 53.4 Å². The summed E-state index contributed by atoms with van der Waals surface area (Å²) in [4.78, 5) is 24.6. The number of aryl methyl sites for hydroxylation is 1. The summed E-state index contributed by atoms with van der Waals surface area (Å²) in [5.41, 5.74) is 16.7. The van der Waals surface area contributed by atoms with Gasteiger partial charge in [0.15, 0.2) is 27.5 Å². The van der Waals surface area contributed by atoms with Crippen molar-refractivity contribution in [2.75, 3.05) is 44.1 Å². The lowest BCUT2D eigenvalue weighted by Crippen LogP contribution is -2.34. The Morgan fingerprint density at radius 2 is 2.02 bits per heavy atom. The third kappa shape index (κ3) is 7.59. The molecule has 4 aromatic rings. The number of methoxy groups -OCH3 is 1. The van der Waals surface area contributed by atoms with Gasteiger partial charge in [0.05, 0.1) is 30.5 Å². The van der Waals surface area contributed by atoms with Crippen LogP contribution in [0.5, 0.6) is 5.75 Å². The zero-order valence-corrected chi connectivity index (χ0v) is 27.5. The highest BCUT2D eigenvalue weighted by Gasteiger charge is 2.27. The maximum atomic E-state index is 14.5. The minimum atomic E-state index is -0.528. The lowest BCUT2D eigenvalue weighted by molar-refractivity contribution is 0.0593. The molecule has 5 rings (SSSR count). The molecule has 0 atom stereocenters. The number of carbonyl (C=O) groups is 1. The van der Waals surface area contributed by atoms with Crippen LogP contribution in [0.2, 0.25) is 0 Å². The van der Waals surface area contributed by atoms with E-state index < -0.39 is 11.8 Å². The van der Waals surface area contributed by atoms with Crippen LogP contribution in [0.1, 0.15) is 47.1 Å². The fourth-order valence-corrected chi connectivity index (χ4v) is 6.93. The number of rotatable bonds is 11. The number of fused-ring (bicyclic) bond motifs is 1. The number of benzene rings is 2. The van der Waals surface area contributed by atoms with Gasteiger partial charge in [-0.15, -0.1) is 11.3 Å². The molecule has 0 fully saturated rings. The van der Waals surface area contributed by atoms with Crippen LogP contribution in [0.25, 0.3) is 10.2 Å². The number of anilines is 2. The Hall–Kier alpha value is -4.64. The number of carbonyl (C=O) groups excluding carboxylic acids is 1. The number of nitrogens with two attached hydrogens (primary N) is 2. The molecule has 0 bridgehead atoms. The molecule has 2 aromatic heterocycles. The molecule has 0 amide bonds. The molecular formula is C33H36FN7O3S2. The van der Waals surface area contributed by atoms with E-state index in [1.807, 2.05) is 36.1 Å². The molecule has 1 aliphatic rings. The van der Waals surface area contributed by atoms with E-state index >= 15 is 0 Å². The summed E-state index contributed by atoms with van der Waals surface area (Å²) in [5, 5.41) is 7.46. The monoisotopic (exact) mass is 661 g/mol. The maximum absolute atomic E-state index is 14.5. The molecule has 0 saturated carbocycles. The Bertz CT molecular complexity index is 1820. The Morgan fingerprint density at radius 3 is 2.78 bits per heavy atom. The minimum absolute atomic E-state index is 0.149. The highest BCUT2D eigenvalue weighted by Crippen LogP contribution is 2.35. The second-order valence-corrected chi connectivity index (χ2v) is 12.6. The Morgan fingerprint density at radius 1 is 1.20 bits per heavy atom. The molecule has 2 aromatic carbocycles. The molecule has 10 nitrogen and oxygen atoms in total. The molecule has 46 heavy (non-hydrogen) atoms. The van der Waals surface area contributed by atoms with Gasteiger partial charge < -0.3 is 36.5 Å². The second-order valence-electron chi connectivity index (χ2n) is 10.5. The standard InChI is InChI=1S/C33H36FN7O3S2/c1-20(29(35)40-32-38-24-11-4-5-12-26(24)45-32)22-10-7-17-41(30(22)36)33-39-28(31(42)43-3)27(46-33)13-8-18-44-25-15-14-21(19-23(25)34)9-6-16-37-2/h4-5,11-12,14-15,19,37H,7-8,10,13,16-18,35-36H2,1-3H3,(H,38,40)/b29-20+. The summed E-state index contributed by atoms with van der Waals surface area (Å²) < 4.78 is 26.3. The molecule has 0 spiro atoms. The molecule has 0 unspecified atom stereocenters. The predicted molar refractivity (Wildman–Crippen MR) is 182 cm³/mol. The van der Waals surface area contributed by atoms with E-state index in [1.54, 1.807) is 19.2 Å². The molecule has 1 aliphatic heterocycles. The van der Waals surface area contributed by atoms with Crippen LogP contribution in [0, 0.1) is 17.7 Å². The van der Waals surface area contributed by atoms with Gasteiger partial charge >= 0.3 is 5.97 Å². The zero-order valence-electron chi connectivity index (χ0n) is 25.9. The Kier molecular flexibility index (Phi) is 10.7. The molecule has 0 radical (unpaired) electrons. The van der Waals surface area contributed by atoms with Crippen molar-refractivity contribution in [1.82, 2.24) is 15.3 Å². The fourth-order valence-electron chi connectivity index (χ4n) is 4.93. The van der Waals surface area contributed by atoms with Gasteiger partial charge in [0.25, 0.3) is 0 Å². The van der Waals surface area contributed by atoms with Gasteiger partial charge in [0, 0.05) is 17.0 Å². The lowest BCUT2D eigenvalue weighted by Gasteiger charge is -2.30. The number of hydrogen-bond acceptors (Lipinski definition) is 12. The summed E-state index contributed by atoms with van der Waals surface area (Å²) in [6.07, 6.45) is 2.58. The van der Waals surface area contributed by atoms with Crippen LogP contribution in [0.3, 0.4) is 0 Å². The summed E-state index contributed by atoms with van der Waals surface area (Å²) in [6, 6.07) is 12.6. The molecule has 13 heteroatoms. The molecule has 0 aliphatic carbocycles. The molecule has 240 valence electrons. The quantitative estimate of drug-likeness (QED) is 0.0947. The van der Waals surface area contributed by atoms with Crippen LogP contribution in [0.4, 0.5) is 14.7 Å². The van der Waals surface area contributed by atoms with E-state index in [0.717, 1.165) is 39.1 Å². The van der Waals surface area contributed by atoms with Gasteiger partial charge in [0.2, 0.25) is 0 Å². The van der Waals surface area contributed by atoms with Crippen molar-refractivity contribution >= 4 is 49.1 Å². The van der Waals surface area contributed by atoms with Crippen molar-refractivity contribution in [3.8, 4) is 17.6 Å². The van der Waals surface area contributed by atoms with Gasteiger partial charge in [-0.3, -0.25) is 0 Å². The van der Waals surface area contributed by atoms with E-state index in [1.165, 1.54) is 35.8 Å². The number of ether oxygens (including phenoxy) is 2. The SMILES string of the molecule is CNCC#Cc1ccc(OCCCc2sc(N3CCCC(/C(C)=C(\N)Nc4nc5ccccc5s4)=C3N)nc2C(=O)OC)c(F)c1. The number of halogens is 1. The number of hydrogen-bond donors (Lipinski definition) is 4. The second kappa shape index (κ2) is 15.1. The first-order valence-corrected chi connectivity index (χ1v) is 16.4. The fraction of sp³-hybridized carbons (Fsp3) is 0.303. The summed E-state index contributed by atoms with van der Waals surface area (Å²) in [5.74, 6) is 5.95. The number of para-hydroxylation sites is 1. The minimum Gasteiger partial charge on any atom is -0.491 e. The third-order valence-corrected chi connectivity index (χ3v) is 9.42. The summed E-state index contributed by atoms with van der Waals surface area (Å²) in [6.45, 7) is 3.33. The van der Waals surface area contributed by atoms with Crippen LogP contribution in [-0.4, -0.2) is 49.8 Å². The number of nitrogens with zero attached hydrogens (tertiary/aromatic N) is 3. The van der Waals surface area contributed by atoms with Gasteiger partial charge in [-0.25, -0.2) is 19.2 Å². The predicted octanol–water partition coefficient (Wildman–Crippen LogP) is 5.33. The van der Waals surface area contributed by atoms with Crippen molar-refractivity contribution in [1.29, 1.82) is 0 Å². The third-order valence-electron chi connectivity index (χ3n) is 7.33. The number of aromatic nitrogens is 2. The van der Waals surface area contributed by atoms with E-state index in [-0.39, 0.29) is 18.1 Å². The van der Waals surface area contributed by atoms with E-state index in [9.17, 15) is 9.18 Å². The summed E-state index contributed by atoms with van der Waals surface area (Å²) >= 11 is 2.91. The Balaban J connectivity index is 1.29. The lowest BCUT2D eigenvalue weighted by atomic mass is 9.99. The average Bonchev–Trinajstić information content (AvgIpc) is 3.67. The van der Waals surface area contributed by atoms with E-state index in [4.69, 9.17) is 20.9 Å². The normalized spacial score (nSPS) is 13.7. The van der Waals surface area contributed by atoms with Crippen LogP contribution in [0.15, 0.2) is 65.3 Å².